The molecule has 2 saturated heterocycles. The summed E-state index contributed by atoms with van der Waals surface area (Å²) in [5, 5.41) is 6.78. The van der Waals surface area contributed by atoms with Crippen LogP contribution in [0.1, 0.15) is 49.9 Å². The lowest BCUT2D eigenvalue weighted by Gasteiger charge is -2.29. The van der Waals surface area contributed by atoms with Crippen LogP contribution in [0.2, 0.25) is 0 Å². The second-order valence-electron chi connectivity index (χ2n) is 7.35. The highest BCUT2D eigenvalue weighted by Crippen LogP contribution is 2.30. The lowest BCUT2D eigenvalue weighted by molar-refractivity contribution is 0.0923. The molecule has 2 bridgehead atoms. The largest absolute Gasteiger partial charge is 0.493 e. The molecule has 1 aromatic rings. The maximum atomic E-state index is 12.6. The summed E-state index contributed by atoms with van der Waals surface area (Å²) in [5.74, 6) is 1.69. The van der Waals surface area contributed by atoms with Crippen LogP contribution >= 0.6 is 12.4 Å². The van der Waals surface area contributed by atoms with Gasteiger partial charge in [0.2, 0.25) is 0 Å². The zero-order valence-electron chi connectivity index (χ0n) is 15.2. The monoisotopic (exact) mass is 368 g/mol. The van der Waals surface area contributed by atoms with Gasteiger partial charge in [-0.2, -0.15) is 0 Å². The fourth-order valence-corrected chi connectivity index (χ4v) is 3.63. The molecule has 1 amide bonds. The number of carbonyl (C=O) groups is 1. The number of fused-ring (bicyclic) bond motifs is 2. The molecule has 5 nitrogen and oxygen atoms in total. The predicted molar refractivity (Wildman–Crippen MR) is 101 cm³/mol. The Labute approximate surface area is 156 Å². The lowest BCUT2D eigenvalue weighted by atomic mass is 9.99. The van der Waals surface area contributed by atoms with Crippen molar-refractivity contribution in [3.63, 3.8) is 0 Å². The highest BCUT2D eigenvalue weighted by atomic mass is 35.5. The quantitative estimate of drug-likeness (QED) is 0.809. The first-order chi connectivity index (χ1) is 11.5. The summed E-state index contributed by atoms with van der Waals surface area (Å²) in [6.45, 7) is 4.82. The number of amides is 1. The van der Waals surface area contributed by atoms with E-state index in [-0.39, 0.29) is 24.4 Å². The molecule has 2 fully saturated rings. The van der Waals surface area contributed by atoms with E-state index < -0.39 is 0 Å². The molecular weight excluding hydrogens is 340 g/mol. The number of piperidine rings is 1. The van der Waals surface area contributed by atoms with E-state index in [1.165, 1.54) is 12.8 Å². The van der Waals surface area contributed by atoms with Crippen LogP contribution in [-0.4, -0.2) is 37.7 Å². The molecule has 2 atom stereocenters. The summed E-state index contributed by atoms with van der Waals surface area (Å²) in [6.07, 6.45) is 4.50. The molecular formula is C19H29ClN2O3. The molecule has 2 heterocycles. The Morgan fingerprint density at radius 2 is 1.92 bits per heavy atom. The Hall–Kier alpha value is -1.46. The van der Waals surface area contributed by atoms with E-state index in [1.54, 1.807) is 13.2 Å². The van der Waals surface area contributed by atoms with Gasteiger partial charge in [-0.15, -0.1) is 12.4 Å². The lowest BCUT2D eigenvalue weighted by Crippen LogP contribution is -2.48. The molecule has 1 aromatic carbocycles. The smallest absolute Gasteiger partial charge is 0.251 e. The number of hydrogen-bond acceptors (Lipinski definition) is 4. The average molecular weight is 369 g/mol. The van der Waals surface area contributed by atoms with Crippen LogP contribution in [0.15, 0.2) is 18.2 Å². The highest BCUT2D eigenvalue weighted by molar-refractivity contribution is 5.95. The molecule has 6 heteroatoms. The molecule has 25 heavy (non-hydrogen) atoms. The van der Waals surface area contributed by atoms with Crippen LogP contribution in [0, 0.1) is 5.92 Å². The van der Waals surface area contributed by atoms with Crippen molar-refractivity contribution in [3.8, 4) is 11.5 Å². The Morgan fingerprint density at radius 3 is 2.52 bits per heavy atom. The molecule has 140 valence electrons. The third-order valence-electron chi connectivity index (χ3n) is 4.81. The fourth-order valence-electron chi connectivity index (χ4n) is 3.63. The SMILES string of the molecule is COc1cc(C(=O)NC2CC3CCC(C2)N3)ccc1OCC(C)C.Cl. The third kappa shape index (κ3) is 5.02. The van der Waals surface area contributed by atoms with E-state index in [9.17, 15) is 4.79 Å². The zero-order valence-corrected chi connectivity index (χ0v) is 16.0. The molecule has 3 rings (SSSR count). The van der Waals surface area contributed by atoms with Crippen molar-refractivity contribution >= 4 is 18.3 Å². The van der Waals surface area contributed by atoms with Gasteiger partial charge in [-0.25, -0.2) is 0 Å². The summed E-state index contributed by atoms with van der Waals surface area (Å²) in [7, 11) is 1.60. The molecule has 0 spiro atoms. The number of carbonyl (C=O) groups excluding carboxylic acids is 1. The molecule has 0 saturated carbocycles. The molecule has 0 aromatic heterocycles. The molecule has 0 aliphatic carbocycles. The van der Waals surface area contributed by atoms with Gasteiger partial charge in [-0.1, -0.05) is 13.8 Å². The van der Waals surface area contributed by atoms with Gasteiger partial charge in [-0.3, -0.25) is 4.79 Å². The fraction of sp³-hybridized carbons (Fsp3) is 0.632. The van der Waals surface area contributed by atoms with Crippen molar-refractivity contribution in [1.29, 1.82) is 0 Å². The number of benzene rings is 1. The minimum Gasteiger partial charge on any atom is -0.493 e. The summed E-state index contributed by atoms with van der Waals surface area (Å²) in [5.41, 5.74) is 0.620. The minimum absolute atomic E-state index is 0. The van der Waals surface area contributed by atoms with Crippen molar-refractivity contribution in [2.24, 2.45) is 5.92 Å². The van der Waals surface area contributed by atoms with Gasteiger partial charge in [-0.05, 0) is 49.8 Å². The number of ether oxygens (including phenoxy) is 2. The minimum atomic E-state index is -0.0324. The maximum Gasteiger partial charge on any atom is 0.251 e. The van der Waals surface area contributed by atoms with Crippen LogP contribution in [-0.2, 0) is 0 Å². The van der Waals surface area contributed by atoms with E-state index in [0.717, 1.165) is 12.8 Å². The van der Waals surface area contributed by atoms with Crippen molar-refractivity contribution in [2.45, 2.75) is 57.7 Å². The average Bonchev–Trinajstić information content (AvgIpc) is 2.91. The van der Waals surface area contributed by atoms with Gasteiger partial charge in [0.1, 0.15) is 0 Å². The molecule has 2 aliphatic heterocycles. The number of methoxy groups -OCH3 is 1. The van der Waals surface area contributed by atoms with Crippen molar-refractivity contribution in [1.82, 2.24) is 10.6 Å². The Kier molecular flexibility index (Phi) is 6.96. The molecule has 0 radical (unpaired) electrons. The van der Waals surface area contributed by atoms with Gasteiger partial charge >= 0.3 is 0 Å². The van der Waals surface area contributed by atoms with Crippen LogP contribution in [0.5, 0.6) is 11.5 Å². The Bertz CT molecular complexity index is 582. The Morgan fingerprint density at radius 1 is 1.24 bits per heavy atom. The molecule has 2 N–H and O–H groups in total. The summed E-state index contributed by atoms with van der Waals surface area (Å²) in [4.78, 5) is 12.6. The highest BCUT2D eigenvalue weighted by Gasteiger charge is 2.34. The van der Waals surface area contributed by atoms with Crippen molar-refractivity contribution in [3.05, 3.63) is 23.8 Å². The molecule has 2 unspecified atom stereocenters. The van der Waals surface area contributed by atoms with E-state index in [0.29, 0.717) is 41.7 Å². The second-order valence-corrected chi connectivity index (χ2v) is 7.35. The third-order valence-corrected chi connectivity index (χ3v) is 4.81. The number of nitrogens with one attached hydrogen (secondary N) is 2. The summed E-state index contributed by atoms with van der Waals surface area (Å²) in [6, 6.07) is 6.79. The number of hydrogen-bond donors (Lipinski definition) is 2. The van der Waals surface area contributed by atoms with E-state index in [4.69, 9.17) is 9.47 Å². The van der Waals surface area contributed by atoms with Gasteiger partial charge in [0, 0.05) is 23.7 Å². The topological polar surface area (TPSA) is 59.6 Å². The van der Waals surface area contributed by atoms with Crippen LogP contribution in [0.25, 0.3) is 0 Å². The van der Waals surface area contributed by atoms with Crippen LogP contribution < -0.4 is 20.1 Å². The van der Waals surface area contributed by atoms with Crippen LogP contribution in [0.4, 0.5) is 0 Å². The van der Waals surface area contributed by atoms with Crippen molar-refractivity contribution < 1.29 is 14.3 Å². The maximum absolute atomic E-state index is 12.6. The predicted octanol–water partition coefficient (Wildman–Crippen LogP) is 3.16. The van der Waals surface area contributed by atoms with Gasteiger partial charge < -0.3 is 20.1 Å². The van der Waals surface area contributed by atoms with Gasteiger partial charge in [0.25, 0.3) is 5.91 Å². The zero-order chi connectivity index (χ0) is 17.1. The summed E-state index contributed by atoms with van der Waals surface area (Å²) >= 11 is 0. The number of rotatable bonds is 6. The molecule has 2 aliphatic rings. The summed E-state index contributed by atoms with van der Waals surface area (Å²) < 4.78 is 11.1. The normalized spacial score (nSPS) is 24.6. The van der Waals surface area contributed by atoms with Crippen LogP contribution in [0.3, 0.4) is 0 Å². The first kappa shape index (κ1) is 19.9. The first-order valence-corrected chi connectivity index (χ1v) is 8.93. The van der Waals surface area contributed by atoms with Gasteiger partial charge in [0.15, 0.2) is 11.5 Å². The second kappa shape index (κ2) is 8.77. The standard InChI is InChI=1S/C19H28N2O3.ClH/c1-12(2)11-24-17-7-4-13(8-18(17)23-3)19(22)21-16-9-14-5-6-15(10-16)20-14;/h4,7-8,12,14-16,20H,5-6,9-11H2,1-3H3,(H,21,22);1H. The number of halogens is 1. The Balaban J connectivity index is 0.00000225. The van der Waals surface area contributed by atoms with Gasteiger partial charge in [0.05, 0.1) is 13.7 Å². The van der Waals surface area contributed by atoms with E-state index >= 15 is 0 Å². The van der Waals surface area contributed by atoms with Crippen molar-refractivity contribution in [2.75, 3.05) is 13.7 Å². The first-order valence-electron chi connectivity index (χ1n) is 8.93. The van der Waals surface area contributed by atoms with E-state index in [2.05, 4.69) is 24.5 Å². The van der Waals surface area contributed by atoms with E-state index in [1.807, 2.05) is 12.1 Å².